The maximum absolute atomic E-state index is 14.3. The average molecular weight is 527 g/mol. The minimum atomic E-state index is -0.262. The second-order valence-electron chi connectivity index (χ2n) is 9.11. The van der Waals surface area contributed by atoms with E-state index in [0.29, 0.717) is 52.6 Å². The van der Waals surface area contributed by atoms with Crippen LogP contribution in [0, 0.1) is 13.8 Å². The molecule has 0 atom stereocenters. The van der Waals surface area contributed by atoms with E-state index in [1.165, 1.54) is 0 Å². The molecule has 200 valence electrons. The van der Waals surface area contributed by atoms with E-state index in [1.807, 2.05) is 32.0 Å². The third kappa shape index (κ3) is 4.72. The Kier molecular flexibility index (Phi) is 6.84. The van der Waals surface area contributed by atoms with Gasteiger partial charge in [0.25, 0.3) is 0 Å². The number of nitrogens with two attached hydrogens (primary N) is 1. The van der Waals surface area contributed by atoms with Gasteiger partial charge in [-0.2, -0.15) is 4.98 Å². The summed E-state index contributed by atoms with van der Waals surface area (Å²) in [4.78, 5) is 26.9. The molecule has 39 heavy (non-hydrogen) atoms. The summed E-state index contributed by atoms with van der Waals surface area (Å²) in [7, 11) is 4.69. The molecule has 2 heterocycles. The molecular weight excluding hydrogens is 496 g/mol. The summed E-state index contributed by atoms with van der Waals surface area (Å²) in [6, 6.07) is 16.3. The molecule has 5 rings (SSSR count). The topological polar surface area (TPSA) is 115 Å². The van der Waals surface area contributed by atoms with E-state index in [-0.39, 0.29) is 6.03 Å². The lowest BCUT2D eigenvalue weighted by molar-refractivity contribution is 0.252. The van der Waals surface area contributed by atoms with Crippen molar-refractivity contribution in [3.05, 3.63) is 77.5 Å². The lowest BCUT2D eigenvalue weighted by atomic mass is 10.1. The third-order valence-electron chi connectivity index (χ3n) is 6.63. The number of para-hydroxylation sites is 1. The van der Waals surface area contributed by atoms with Crippen LogP contribution >= 0.6 is 0 Å². The molecule has 2 amide bonds. The lowest BCUT2D eigenvalue weighted by Crippen LogP contribution is -2.46. The summed E-state index contributed by atoms with van der Waals surface area (Å²) in [5.41, 5.74) is 11.3. The zero-order valence-electron chi connectivity index (χ0n) is 22.5. The van der Waals surface area contributed by atoms with Crippen LogP contribution in [0.1, 0.15) is 16.7 Å². The van der Waals surface area contributed by atoms with Gasteiger partial charge in [0.2, 0.25) is 5.95 Å². The molecule has 0 bridgehead atoms. The Hall–Kier alpha value is -4.99. The summed E-state index contributed by atoms with van der Waals surface area (Å²) in [6.07, 6.45) is 1.73. The number of methoxy groups -OCH3 is 3. The number of nitrogens with one attached hydrogen (secondary N) is 1. The van der Waals surface area contributed by atoms with Crippen molar-refractivity contribution in [1.82, 2.24) is 9.97 Å². The second-order valence-corrected chi connectivity index (χ2v) is 9.11. The van der Waals surface area contributed by atoms with Gasteiger partial charge < -0.3 is 25.3 Å². The summed E-state index contributed by atoms with van der Waals surface area (Å²) in [5.74, 6) is 2.36. The molecule has 0 radical (unpaired) electrons. The molecule has 0 saturated heterocycles. The van der Waals surface area contributed by atoms with Crippen LogP contribution in [0.5, 0.6) is 17.2 Å². The molecule has 0 saturated carbocycles. The van der Waals surface area contributed by atoms with Crippen molar-refractivity contribution < 1.29 is 19.0 Å². The van der Waals surface area contributed by atoms with Crippen molar-refractivity contribution in [3.8, 4) is 17.2 Å². The first kappa shape index (κ1) is 25.7. The fourth-order valence-electron chi connectivity index (χ4n) is 4.72. The number of urea groups is 1. The number of rotatable bonds is 7. The van der Waals surface area contributed by atoms with Gasteiger partial charge in [0, 0.05) is 29.6 Å². The summed E-state index contributed by atoms with van der Waals surface area (Å²) in [5, 5.41) is 3.19. The SMILES string of the molecule is COc1ccc(N2C(=O)N(c3c(C)cccc3C)Cc3cnc(Nc4ccc(N)c(OC)c4)nc32)c(OC)c1. The highest BCUT2D eigenvalue weighted by Gasteiger charge is 2.37. The number of nitrogens with zero attached hydrogens (tertiary/aromatic N) is 4. The lowest BCUT2D eigenvalue weighted by Gasteiger charge is -2.37. The van der Waals surface area contributed by atoms with Crippen LogP contribution in [-0.2, 0) is 6.54 Å². The molecule has 10 nitrogen and oxygen atoms in total. The van der Waals surface area contributed by atoms with Gasteiger partial charge in [-0.05, 0) is 49.2 Å². The van der Waals surface area contributed by atoms with Gasteiger partial charge in [0.1, 0.15) is 17.2 Å². The minimum Gasteiger partial charge on any atom is -0.497 e. The Morgan fingerprint density at radius 2 is 1.67 bits per heavy atom. The standard InChI is InChI=1S/C29H30N6O4/c1-17-7-6-8-18(2)26(17)34-16-19-15-31-28(32-20-9-11-22(30)24(13-20)38-4)33-27(19)35(29(34)36)23-12-10-21(37-3)14-25(23)39-5/h6-15H,16,30H2,1-5H3,(H,31,32,33). The average Bonchev–Trinajstić information content (AvgIpc) is 2.94. The summed E-state index contributed by atoms with van der Waals surface area (Å²) in [6.45, 7) is 4.30. The number of hydrogen-bond donors (Lipinski definition) is 2. The van der Waals surface area contributed by atoms with Crippen LogP contribution in [0.2, 0.25) is 0 Å². The maximum Gasteiger partial charge on any atom is 0.335 e. The van der Waals surface area contributed by atoms with E-state index in [0.717, 1.165) is 22.4 Å². The first-order valence-corrected chi connectivity index (χ1v) is 12.3. The van der Waals surface area contributed by atoms with Crippen molar-refractivity contribution in [2.75, 3.05) is 42.2 Å². The predicted molar refractivity (Wildman–Crippen MR) is 152 cm³/mol. The molecule has 3 N–H and O–H groups in total. The number of ether oxygens (including phenoxy) is 3. The molecule has 1 aliphatic rings. The monoisotopic (exact) mass is 526 g/mol. The Bertz CT molecular complexity index is 1540. The highest BCUT2D eigenvalue weighted by molar-refractivity contribution is 6.11. The quantitative estimate of drug-likeness (QED) is 0.294. The molecule has 0 spiro atoms. The zero-order valence-corrected chi connectivity index (χ0v) is 22.5. The number of aromatic nitrogens is 2. The number of carbonyl (C=O) groups excluding carboxylic acids is 1. The third-order valence-corrected chi connectivity index (χ3v) is 6.63. The van der Waals surface area contributed by atoms with Crippen LogP contribution in [-0.4, -0.2) is 37.3 Å². The van der Waals surface area contributed by atoms with E-state index >= 15 is 0 Å². The van der Waals surface area contributed by atoms with E-state index in [2.05, 4.69) is 10.3 Å². The van der Waals surface area contributed by atoms with Crippen LogP contribution < -0.4 is 35.1 Å². The molecule has 1 aliphatic heterocycles. The fraction of sp³-hybridized carbons (Fsp3) is 0.207. The Morgan fingerprint density at radius 1 is 0.923 bits per heavy atom. The first-order valence-electron chi connectivity index (χ1n) is 12.3. The van der Waals surface area contributed by atoms with E-state index in [1.54, 1.807) is 73.7 Å². The Balaban J connectivity index is 1.64. The normalized spacial score (nSPS) is 12.7. The number of benzene rings is 3. The van der Waals surface area contributed by atoms with Crippen LogP contribution in [0.4, 0.5) is 39.3 Å². The van der Waals surface area contributed by atoms with Gasteiger partial charge in [-0.25, -0.2) is 14.7 Å². The number of aryl methyl sites for hydroxylation is 2. The van der Waals surface area contributed by atoms with Crippen LogP contribution in [0.15, 0.2) is 60.8 Å². The Labute approximate surface area is 227 Å². The van der Waals surface area contributed by atoms with Gasteiger partial charge in [-0.15, -0.1) is 0 Å². The summed E-state index contributed by atoms with van der Waals surface area (Å²) < 4.78 is 16.4. The van der Waals surface area contributed by atoms with Gasteiger partial charge in [0.15, 0.2) is 5.82 Å². The van der Waals surface area contributed by atoms with Crippen LogP contribution in [0.3, 0.4) is 0 Å². The van der Waals surface area contributed by atoms with Crippen molar-refractivity contribution in [2.24, 2.45) is 0 Å². The number of carbonyl (C=O) groups is 1. The number of amides is 2. The highest BCUT2D eigenvalue weighted by Crippen LogP contribution is 2.42. The molecule has 4 aromatic rings. The van der Waals surface area contributed by atoms with E-state index < -0.39 is 0 Å². The highest BCUT2D eigenvalue weighted by atomic mass is 16.5. The first-order chi connectivity index (χ1) is 18.8. The van der Waals surface area contributed by atoms with E-state index in [9.17, 15) is 4.79 Å². The van der Waals surface area contributed by atoms with Crippen molar-refractivity contribution >= 4 is 40.5 Å². The molecule has 1 aromatic heterocycles. The van der Waals surface area contributed by atoms with Crippen LogP contribution in [0.25, 0.3) is 0 Å². The number of anilines is 6. The predicted octanol–water partition coefficient (Wildman–Crippen LogP) is 5.72. The van der Waals surface area contributed by atoms with Gasteiger partial charge >= 0.3 is 6.03 Å². The molecule has 10 heteroatoms. The second kappa shape index (κ2) is 10.4. The smallest absolute Gasteiger partial charge is 0.335 e. The van der Waals surface area contributed by atoms with Crippen molar-refractivity contribution in [1.29, 1.82) is 0 Å². The number of fused-ring (bicyclic) bond motifs is 1. The fourth-order valence-corrected chi connectivity index (χ4v) is 4.72. The van der Waals surface area contributed by atoms with E-state index in [4.69, 9.17) is 24.9 Å². The summed E-state index contributed by atoms with van der Waals surface area (Å²) >= 11 is 0. The Morgan fingerprint density at radius 3 is 2.36 bits per heavy atom. The molecule has 0 fully saturated rings. The van der Waals surface area contributed by atoms with Crippen molar-refractivity contribution in [3.63, 3.8) is 0 Å². The minimum absolute atomic E-state index is 0.262. The van der Waals surface area contributed by atoms with Crippen molar-refractivity contribution in [2.45, 2.75) is 20.4 Å². The number of hydrogen-bond acceptors (Lipinski definition) is 8. The molecule has 0 unspecified atom stereocenters. The van der Waals surface area contributed by atoms with Gasteiger partial charge in [-0.1, -0.05) is 18.2 Å². The zero-order chi connectivity index (χ0) is 27.7. The maximum atomic E-state index is 14.3. The molecule has 0 aliphatic carbocycles. The molecular formula is C29H30N6O4. The molecule has 3 aromatic carbocycles. The number of nitrogen functional groups attached to an aromatic ring is 1. The largest absolute Gasteiger partial charge is 0.497 e. The van der Waals surface area contributed by atoms with Gasteiger partial charge in [-0.3, -0.25) is 4.90 Å². The van der Waals surface area contributed by atoms with Gasteiger partial charge in [0.05, 0.1) is 44.9 Å².